The lowest BCUT2D eigenvalue weighted by Crippen LogP contribution is -1.93. The maximum atomic E-state index is 3.17. The molecule has 0 aliphatic heterocycles. The third kappa shape index (κ3) is 2.86. The van der Waals surface area contributed by atoms with Crippen LogP contribution in [0.3, 0.4) is 0 Å². The van der Waals surface area contributed by atoms with Crippen LogP contribution in [-0.4, -0.2) is 7.05 Å². The lowest BCUT2D eigenvalue weighted by molar-refractivity contribution is 0.960. The maximum absolute atomic E-state index is 3.17. The smallest absolute Gasteiger partial charge is 0.0340 e. The minimum Gasteiger partial charge on any atom is -0.388 e. The first-order valence-corrected chi connectivity index (χ1v) is 5.69. The van der Waals surface area contributed by atoms with Gasteiger partial charge in [-0.05, 0) is 36.1 Å². The fourth-order valence-corrected chi connectivity index (χ4v) is 1.82. The van der Waals surface area contributed by atoms with Gasteiger partial charge in [0, 0.05) is 12.7 Å². The van der Waals surface area contributed by atoms with Crippen molar-refractivity contribution in [2.75, 3.05) is 12.4 Å². The molecule has 0 amide bonds. The van der Waals surface area contributed by atoms with Crippen LogP contribution in [0.1, 0.15) is 11.1 Å². The summed E-state index contributed by atoms with van der Waals surface area (Å²) in [5.41, 5.74) is 3.97. The second kappa shape index (κ2) is 5.36. The standard InChI is InChI=1S/C15H17N/c1-16-15-9-5-8-14(12-15)11-10-13-6-3-2-4-7-13/h2-9,12,16H,10-11H2,1H3. The van der Waals surface area contributed by atoms with Crippen molar-refractivity contribution >= 4 is 5.69 Å². The molecule has 1 nitrogen and oxygen atoms in total. The van der Waals surface area contributed by atoms with Crippen molar-refractivity contribution in [1.82, 2.24) is 0 Å². The van der Waals surface area contributed by atoms with Crippen LogP contribution in [0.15, 0.2) is 54.6 Å². The minimum absolute atomic E-state index is 1.10. The van der Waals surface area contributed by atoms with Crippen molar-refractivity contribution < 1.29 is 0 Å². The Bertz CT molecular complexity index is 434. The molecule has 16 heavy (non-hydrogen) atoms. The summed E-state index contributed by atoms with van der Waals surface area (Å²) < 4.78 is 0. The van der Waals surface area contributed by atoms with Gasteiger partial charge >= 0.3 is 0 Å². The maximum Gasteiger partial charge on any atom is 0.0340 e. The molecule has 0 saturated heterocycles. The third-order valence-corrected chi connectivity index (χ3v) is 2.76. The molecule has 82 valence electrons. The van der Waals surface area contributed by atoms with Crippen molar-refractivity contribution in [3.63, 3.8) is 0 Å². The van der Waals surface area contributed by atoms with E-state index in [-0.39, 0.29) is 0 Å². The molecule has 0 unspecified atom stereocenters. The van der Waals surface area contributed by atoms with Gasteiger partial charge in [-0.2, -0.15) is 0 Å². The molecule has 0 heterocycles. The van der Waals surface area contributed by atoms with E-state index in [9.17, 15) is 0 Å². The molecule has 1 N–H and O–H groups in total. The number of benzene rings is 2. The highest BCUT2D eigenvalue weighted by Crippen LogP contribution is 2.12. The Hall–Kier alpha value is -1.76. The molecule has 0 bridgehead atoms. The summed E-state index contributed by atoms with van der Waals surface area (Å²) in [5.74, 6) is 0. The number of rotatable bonds is 4. The Morgan fingerprint density at radius 1 is 0.812 bits per heavy atom. The lowest BCUT2D eigenvalue weighted by atomic mass is 10.0. The summed E-state index contributed by atoms with van der Waals surface area (Å²) >= 11 is 0. The van der Waals surface area contributed by atoms with Gasteiger partial charge in [-0.25, -0.2) is 0 Å². The Morgan fingerprint density at radius 2 is 1.50 bits per heavy atom. The van der Waals surface area contributed by atoms with Crippen LogP contribution in [-0.2, 0) is 12.8 Å². The Labute approximate surface area is 97.1 Å². The van der Waals surface area contributed by atoms with E-state index in [0.717, 1.165) is 12.8 Å². The fraction of sp³-hybridized carbons (Fsp3) is 0.200. The van der Waals surface area contributed by atoms with Gasteiger partial charge in [-0.3, -0.25) is 0 Å². The molecule has 1 heteroatoms. The second-order valence-electron chi connectivity index (χ2n) is 3.94. The number of hydrogen-bond donors (Lipinski definition) is 1. The summed E-state index contributed by atoms with van der Waals surface area (Å²) in [4.78, 5) is 0. The van der Waals surface area contributed by atoms with E-state index in [0.29, 0.717) is 0 Å². The molecule has 2 aromatic carbocycles. The number of hydrogen-bond acceptors (Lipinski definition) is 1. The predicted octanol–water partition coefficient (Wildman–Crippen LogP) is 3.51. The Kier molecular flexibility index (Phi) is 3.60. The van der Waals surface area contributed by atoms with E-state index >= 15 is 0 Å². The van der Waals surface area contributed by atoms with Crippen LogP contribution >= 0.6 is 0 Å². The normalized spacial score (nSPS) is 10.1. The zero-order valence-corrected chi connectivity index (χ0v) is 9.61. The van der Waals surface area contributed by atoms with E-state index < -0.39 is 0 Å². The molecule has 0 fully saturated rings. The Balaban J connectivity index is 1.99. The molecular weight excluding hydrogens is 194 g/mol. The van der Waals surface area contributed by atoms with Gasteiger partial charge < -0.3 is 5.32 Å². The average Bonchev–Trinajstić information content (AvgIpc) is 2.38. The van der Waals surface area contributed by atoms with Crippen LogP contribution in [0, 0.1) is 0 Å². The van der Waals surface area contributed by atoms with Crippen molar-refractivity contribution in [3.05, 3.63) is 65.7 Å². The first kappa shape index (κ1) is 10.7. The van der Waals surface area contributed by atoms with E-state index in [1.807, 2.05) is 7.05 Å². The summed E-state index contributed by atoms with van der Waals surface area (Å²) in [6.07, 6.45) is 2.20. The highest BCUT2D eigenvalue weighted by molar-refractivity contribution is 5.45. The van der Waals surface area contributed by atoms with Crippen LogP contribution in [0.25, 0.3) is 0 Å². The van der Waals surface area contributed by atoms with Gasteiger partial charge in [0.25, 0.3) is 0 Å². The highest BCUT2D eigenvalue weighted by atomic mass is 14.8. The van der Waals surface area contributed by atoms with E-state index in [2.05, 4.69) is 59.9 Å². The minimum atomic E-state index is 1.10. The van der Waals surface area contributed by atoms with Crippen molar-refractivity contribution in [2.24, 2.45) is 0 Å². The monoisotopic (exact) mass is 211 g/mol. The number of aryl methyl sites for hydroxylation is 2. The quantitative estimate of drug-likeness (QED) is 0.816. The molecule has 0 aromatic heterocycles. The van der Waals surface area contributed by atoms with Crippen molar-refractivity contribution in [3.8, 4) is 0 Å². The first-order valence-electron chi connectivity index (χ1n) is 5.69. The topological polar surface area (TPSA) is 12.0 Å². The Morgan fingerprint density at radius 3 is 2.25 bits per heavy atom. The average molecular weight is 211 g/mol. The van der Waals surface area contributed by atoms with Gasteiger partial charge in [0.05, 0.1) is 0 Å². The third-order valence-electron chi connectivity index (χ3n) is 2.76. The molecule has 2 aromatic rings. The zero-order chi connectivity index (χ0) is 11.2. The molecule has 0 atom stereocenters. The van der Waals surface area contributed by atoms with Gasteiger partial charge in [0.2, 0.25) is 0 Å². The molecule has 2 rings (SSSR count). The fourth-order valence-electron chi connectivity index (χ4n) is 1.82. The van der Waals surface area contributed by atoms with Crippen LogP contribution in [0.2, 0.25) is 0 Å². The van der Waals surface area contributed by atoms with E-state index in [1.165, 1.54) is 16.8 Å². The highest BCUT2D eigenvalue weighted by Gasteiger charge is 1.96. The number of anilines is 1. The lowest BCUT2D eigenvalue weighted by Gasteiger charge is -2.05. The molecule has 0 saturated carbocycles. The molecule has 0 aliphatic carbocycles. The van der Waals surface area contributed by atoms with Gasteiger partial charge in [0.1, 0.15) is 0 Å². The first-order chi connectivity index (χ1) is 7.88. The van der Waals surface area contributed by atoms with Crippen molar-refractivity contribution in [1.29, 1.82) is 0 Å². The van der Waals surface area contributed by atoms with Gasteiger partial charge in [-0.15, -0.1) is 0 Å². The van der Waals surface area contributed by atoms with Crippen LogP contribution in [0.4, 0.5) is 5.69 Å². The summed E-state index contributed by atoms with van der Waals surface area (Å²) in [5, 5.41) is 3.17. The molecule has 0 spiro atoms. The largest absolute Gasteiger partial charge is 0.388 e. The second-order valence-corrected chi connectivity index (χ2v) is 3.94. The molecule has 0 aliphatic rings. The van der Waals surface area contributed by atoms with Crippen molar-refractivity contribution in [2.45, 2.75) is 12.8 Å². The SMILES string of the molecule is CNc1cccc(CCc2ccccc2)c1. The summed E-state index contributed by atoms with van der Waals surface area (Å²) in [6.45, 7) is 0. The molecule has 0 radical (unpaired) electrons. The van der Waals surface area contributed by atoms with E-state index in [4.69, 9.17) is 0 Å². The predicted molar refractivity (Wildman–Crippen MR) is 69.8 cm³/mol. The van der Waals surface area contributed by atoms with Crippen LogP contribution < -0.4 is 5.32 Å². The van der Waals surface area contributed by atoms with E-state index in [1.54, 1.807) is 0 Å². The van der Waals surface area contributed by atoms with Crippen LogP contribution in [0.5, 0.6) is 0 Å². The van der Waals surface area contributed by atoms with Gasteiger partial charge in [0.15, 0.2) is 0 Å². The molecular formula is C15H17N. The summed E-state index contributed by atoms with van der Waals surface area (Å²) in [6, 6.07) is 19.2. The summed E-state index contributed by atoms with van der Waals surface area (Å²) in [7, 11) is 1.95. The zero-order valence-electron chi connectivity index (χ0n) is 9.61. The van der Waals surface area contributed by atoms with Gasteiger partial charge in [-0.1, -0.05) is 42.5 Å². The number of nitrogens with one attached hydrogen (secondary N) is 1.